The van der Waals surface area contributed by atoms with Gasteiger partial charge in [-0.3, -0.25) is 0 Å². The number of nitrogens with two attached hydrogens (primary N) is 1. The average molecular weight is 239 g/mol. The summed E-state index contributed by atoms with van der Waals surface area (Å²) in [6.07, 6.45) is 1.92. The van der Waals surface area contributed by atoms with Gasteiger partial charge in [-0.05, 0) is 24.5 Å². The van der Waals surface area contributed by atoms with E-state index in [9.17, 15) is 4.39 Å². The fourth-order valence-electron chi connectivity index (χ4n) is 2.22. The molecule has 0 aliphatic heterocycles. The first-order valence-electron chi connectivity index (χ1n) is 5.73. The van der Waals surface area contributed by atoms with Gasteiger partial charge in [-0.1, -0.05) is 6.07 Å². The molecule has 2 N–H and O–H groups in total. The highest BCUT2D eigenvalue weighted by atomic mass is 19.1. The van der Waals surface area contributed by atoms with Crippen LogP contribution in [-0.4, -0.2) is 20.8 Å². The molecule has 17 heavy (non-hydrogen) atoms. The molecule has 0 heterocycles. The fourth-order valence-corrected chi connectivity index (χ4v) is 2.22. The highest BCUT2D eigenvalue weighted by molar-refractivity contribution is 5.44. The van der Waals surface area contributed by atoms with Crippen molar-refractivity contribution in [2.75, 3.05) is 20.8 Å². The lowest BCUT2D eigenvalue weighted by atomic mass is 9.93. The highest BCUT2D eigenvalue weighted by Gasteiger charge is 2.45. The number of hydrogen-bond acceptors (Lipinski definition) is 3. The van der Waals surface area contributed by atoms with Crippen LogP contribution in [0, 0.1) is 5.82 Å². The minimum absolute atomic E-state index is 0.154. The van der Waals surface area contributed by atoms with Crippen LogP contribution in [0.2, 0.25) is 0 Å². The summed E-state index contributed by atoms with van der Waals surface area (Å²) in [7, 11) is 3.07. The van der Waals surface area contributed by atoms with Gasteiger partial charge in [0.1, 0.15) is 11.6 Å². The highest BCUT2D eigenvalue weighted by Crippen LogP contribution is 2.49. The molecule has 1 fully saturated rings. The molecule has 0 atom stereocenters. The molecule has 94 valence electrons. The smallest absolute Gasteiger partial charge is 0.136 e. The van der Waals surface area contributed by atoms with Crippen LogP contribution in [0.4, 0.5) is 4.39 Å². The van der Waals surface area contributed by atoms with Crippen molar-refractivity contribution >= 4 is 0 Å². The molecule has 0 spiro atoms. The number of benzene rings is 1. The largest absolute Gasteiger partial charge is 0.496 e. The maximum atomic E-state index is 14.4. The van der Waals surface area contributed by atoms with Crippen LogP contribution in [0.25, 0.3) is 0 Å². The molecule has 1 aromatic carbocycles. The molecule has 1 aliphatic rings. The van der Waals surface area contributed by atoms with E-state index in [4.69, 9.17) is 15.2 Å². The van der Waals surface area contributed by atoms with Crippen LogP contribution in [-0.2, 0) is 16.8 Å². The van der Waals surface area contributed by atoms with E-state index in [1.165, 1.54) is 7.11 Å². The van der Waals surface area contributed by atoms with Gasteiger partial charge in [-0.2, -0.15) is 0 Å². The predicted octanol–water partition coefficient (Wildman–Crippen LogP) is 1.97. The minimum atomic E-state index is -0.228. The lowest BCUT2D eigenvalue weighted by Gasteiger charge is -2.18. The predicted molar refractivity (Wildman–Crippen MR) is 63.6 cm³/mol. The summed E-state index contributed by atoms with van der Waals surface area (Å²) in [6, 6.07) is 3.58. The van der Waals surface area contributed by atoms with Crippen molar-refractivity contribution in [3.63, 3.8) is 0 Å². The molecule has 1 saturated carbocycles. The topological polar surface area (TPSA) is 44.5 Å². The molecule has 0 saturated heterocycles. The Balaban J connectivity index is 2.45. The van der Waals surface area contributed by atoms with Crippen molar-refractivity contribution in [2.24, 2.45) is 5.73 Å². The summed E-state index contributed by atoms with van der Waals surface area (Å²) < 4.78 is 24.6. The average Bonchev–Trinajstić information content (AvgIpc) is 3.12. The minimum Gasteiger partial charge on any atom is -0.496 e. The van der Waals surface area contributed by atoms with Gasteiger partial charge >= 0.3 is 0 Å². The standard InChI is InChI=1S/C13H18FNO2/c1-16-7-9-11(17-2)4-3-10(12(9)14)13(8-15)5-6-13/h3-4H,5-8,15H2,1-2H3. The molecule has 4 heteroatoms. The van der Waals surface area contributed by atoms with E-state index < -0.39 is 0 Å². The molecule has 1 aromatic rings. The van der Waals surface area contributed by atoms with E-state index in [-0.39, 0.29) is 17.8 Å². The van der Waals surface area contributed by atoms with Gasteiger partial charge in [-0.25, -0.2) is 4.39 Å². The Morgan fingerprint density at radius 1 is 1.35 bits per heavy atom. The SMILES string of the molecule is COCc1c(OC)ccc(C2(CN)CC2)c1F. The third-order valence-electron chi connectivity index (χ3n) is 3.52. The van der Waals surface area contributed by atoms with Gasteiger partial charge in [0.25, 0.3) is 0 Å². The van der Waals surface area contributed by atoms with Crippen LogP contribution in [0.1, 0.15) is 24.0 Å². The van der Waals surface area contributed by atoms with Gasteiger partial charge in [0, 0.05) is 19.1 Å². The summed E-state index contributed by atoms with van der Waals surface area (Å²) in [6.45, 7) is 0.701. The normalized spacial score (nSPS) is 16.9. The molecule has 0 radical (unpaired) electrons. The first-order chi connectivity index (χ1) is 8.18. The second-order valence-electron chi connectivity index (χ2n) is 4.53. The first-order valence-corrected chi connectivity index (χ1v) is 5.73. The summed E-state index contributed by atoms with van der Waals surface area (Å²) in [4.78, 5) is 0. The zero-order valence-electron chi connectivity index (χ0n) is 10.3. The quantitative estimate of drug-likeness (QED) is 0.854. The van der Waals surface area contributed by atoms with E-state index in [1.807, 2.05) is 0 Å². The van der Waals surface area contributed by atoms with E-state index in [1.54, 1.807) is 19.2 Å². The summed E-state index contributed by atoms with van der Waals surface area (Å²) in [5.41, 5.74) is 6.76. The Bertz CT molecular complexity index is 416. The van der Waals surface area contributed by atoms with Gasteiger partial charge in [0.05, 0.1) is 19.3 Å². The molecular weight excluding hydrogens is 221 g/mol. The van der Waals surface area contributed by atoms with Gasteiger partial charge in [0.2, 0.25) is 0 Å². The Morgan fingerprint density at radius 2 is 2.06 bits per heavy atom. The van der Waals surface area contributed by atoms with E-state index in [0.29, 0.717) is 23.4 Å². The maximum absolute atomic E-state index is 14.4. The molecule has 0 aromatic heterocycles. The fraction of sp³-hybridized carbons (Fsp3) is 0.538. The van der Waals surface area contributed by atoms with E-state index in [0.717, 1.165) is 12.8 Å². The van der Waals surface area contributed by atoms with E-state index in [2.05, 4.69) is 0 Å². The molecule has 2 rings (SSSR count). The van der Waals surface area contributed by atoms with Gasteiger partial charge in [0.15, 0.2) is 0 Å². The zero-order valence-corrected chi connectivity index (χ0v) is 10.3. The van der Waals surface area contributed by atoms with Crippen molar-refractivity contribution in [2.45, 2.75) is 24.9 Å². The van der Waals surface area contributed by atoms with Crippen molar-refractivity contribution in [1.82, 2.24) is 0 Å². The lowest BCUT2D eigenvalue weighted by Crippen LogP contribution is -2.22. The van der Waals surface area contributed by atoms with Gasteiger partial charge in [-0.15, -0.1) is 0 Å². The number of ether oxygens (including phenoxy) is 2. The third-order valence-corrected chi connectivity index (χ3v) is 3.52. The van der Waals surface area contributed by atoms with E-state index >= 15 is 0 Å². The zero-order chi connectivity index (χ0) is 12.5. The van der Waals surface area contributed by atoms with Gasteiger partial charge < -0.3 is 15.2 Å². The molecule has 3 nitrogen and oxygen atoms in total. The molecule has 1 aliphatic carbocycles. The summed E-state index contributed by atoms with van der Waals surface area (Å²) in [5.74, 6) is 0.301. The summed E-state index contributed by atoms with van der Waals surface area (Å²) >= 11 is 0. The molecule has 0 unspecified atom stereocenters. The van der Waals surface area contributed by atoms with Crippen LogP contribution in [0.5, 0.6) is 5.75 Å². The number of rotatable bonds is 5. The number of methoxy groups -OCH3 is 2. The van der Waals surface area contributed by atoms with Crippen molar-refractivity contribution in [3.05, 3.63) is 29.1 Å². The van der Waals surface area contributed by atoms with Crippen LogP contribution in [0.3, 0.4) is 0 Å². The Morgan fingerprint density at radius 3 is 2.53 bits per heavy atom. The van der Waals surface area contributed by atoms with Crippen LogP contribution < -0.4 is 10.5 Å². The second-order valence-corrected chi connectivity index (χ2v) is 4.53. The van der Waals surface area contributed by atoms with Crippen LogP contribution in [0.15, 0.2) is 12.1 Å². The van der Waals surface area contributed by atoms with Crippen molar-refractivity contribution < 1.29 is 13.9 Å². The lowest BCUT2D eigenvalue weighted by molar-refractivity contribution is 0.177. The number of halogens is 1. The van der Waals surface area contributed by atoms with Crippen molar-refractivity contribution in [3.8, 4) is 5.75 Å². The Hall–Kier alpha value is -1.13. The molecular formula is C13H18FNO2. The molecule has 0 bridgehead atoms. The first kappa shape index (κ1) is 12.3. The van der Waals surface area contributed by atoms with Crippen LogP contribution >= 0.6 is 0 Å². The second kappa shape index (κ2) is 4.63. The summed E-state index contributed by atoms with van der Waals surface area (Å²) in [5, 5.41) is 0. The molecule has 0 amide bonds. The Labute approximate surface area is 101 Å². The Kier molecular flexibility index (Phi) is 3.35. The maximum Gasteiger partial charge on any atom is 0.136 e. The third kappa shape index (κ3) is 2.03. The monoisotopic (exact) mass is 239 g/mol. The van der Waals surface area contributed by atoms with Crippen molar-refractivity contribution in [1.29, 1.82) is 0 Å². The number of hydrogen-bond donors (Lipinski definition) is 1.